The highest BCUT2D eigenvalue weighted by atomic mass is 79.9. The number of benzene rings is 3. The number of halogens is 2. The number of aryl methyl sites for hydroxylation is 1. The Morgan fingerprint density at radius 3 is 2.67 bits per heavy atom. The number of anilines is 2. The standard InChI is InChI=1S/C25H21BrClN3O2S/c1-14-4-3-5-18(12-14)30-24(33)29-22-19-13-15(26)6-11-20(19)32-25(30,2)21(22)23(31)28-17-9-7-16(27)8-10-17/h3-13,21-22H,1-2H3,(H,28,31)(H,29,33). The molecular weight excluding hydrogens is 522 g/mol. The number of hydrogen-bond acceptors (Lipinski definition) is 3. The summed E-state index contributed by atoms with van der Waals surface area (Å²) >= 11 is 15.4. The quantitative estimate of drug-likeness (QED) is 0.386. The minimum atomic E-state index is -1.06. The first-order valence-electron chi connectivity index (χ1n) is 10.5. The predicted octanol–water partition coefficient (Wildman–Crippen LogP) is 6.21. The Balaban J connectivity index is 1.63. The van der Waals surface area contributed by atoms with Gasteiger partial charge >= 0.3 is 0 Å². The lowest BCUT2D eigenvalue weighted by molar-refractivity contribution is -0.130. The van der Waals surface area contributed by atoms with Crippen LogP contribution in [0.15, 0.2) is 71.2 Å². The van der Waals surface area contributed by atoms with Crippen LogP contribution >= 0.6 is 39.7 Å². The van der Waals surface area contributed by atoms with Gasteiger partial charge in [-0.15, -0.1) is 0 Å². The molecule has 3 aromatic rings. The van der Waals surface area contributed by atoms with Crippen LogP contribution in [0, 0.1) is 12.8 Å². The summed E-state index contributed by atoms with van der Waals surface area (Å²) in [6.45, 7) is 3.95. The second kappa shape index (κ2) is 8.31. The van der Waals surface area contributed by atoms with Gasteiger partial charge in [0.2, 0.25) is 5.91 Å². The van der Waals surface area contributed by atoms with Gasteiger partial charge in [0.25, 0.3) is 0 Å². The molecule has 0 radical (unpaired) electrons. The number of amides is 1. The molecule has 2 N–H and O–H groups in total. The van der Waals surface area contributed by atoms with Crippen LogP contribution < -0.4 is 20.3 Å². The van der Waals surface area contributed by atoms with Crippen LogP contribution in [0.1, 0.15) is 24.1 Å². The predicted molar refractivity (Wildman–Crippen MR) is 139 cm³/mol. The fraction of sp³-hybridized carbons (Fsp3) is 0.200. The van der Waals surface area contributed by atoms with E-state index in [1.165, 1.54) is 0 Å². The SMILES string of the molecule is Cc1cccc(N2C(=S)NC3c4cc(Br)ccc4OC2(C)C3C(=O)Nc2ccc(Cl)cc2)c1. The van der Waals surface area contributed by atoms with Crippen LogP contribution in [-0.4, -0.2) is 16.7 Å². The van der Waals surface area contributed by atoms with E-state index in [1.54, 1.807) is 24.3 Å². The van der Waals surface area contributed by atoms with E-state index in [-0.39, 0.29) is 11.9 Å². The molecule has 1 saturated heterocycles. The lowest BCUT2D eigenvalue weighted by atomic mass is 9.78. The van der Waals surface area contributed by atoms with Crippen molar-refractivity contribution in [3.05, 3.63) is 87.4 Å². The molecule has 3 unspecified atom stereocenters. The zero-order valence-corrected chi connectivity index (χ0v) is 21.1. The van der Waals surface area contributed by atoms with E-state index in [4.69, 9.17) is 28.6 Å². The highest BCUT2D eigenvalue weighted by Crippen LogP contribution is 2.50. The molecule has 3 atom stereocenters. The summed E-state index contributed by atoms with van der Waals surface area (Å²) in [5, 5.41) is 7.58. The molecule has 5 nitrogen and oxygen atoms in total. The molecule has 2 aliphatic rings. The second-order valence-electron chi connectivity index (χ2n) is 8.41. The first kappa shape index (κ1) is 22.2. The number of nitrogens with one attached hydrogen (secondary N) is 2. The van der Waals surface area contributed by atoms with Gasteiger partial charge in [-0.1, -0.05) is 39.7 Å². The summed E-state index contributed by atoms with van der Waals surface area (Å²) in [4.78, 5) is 15.7. The van der Waals surface area contributed by atoms with Crippen LogP contribution in [0.25, 0.3) is 0 Å². The summed E-state index contributed by atoms with van der Waals surface area (Å²) in [6, 6.07) is 20.5. The highest BCUT2D eigenvalue weighted by molar-refractivity contribution is 9.10. The Bertz CT molecular complexity index is 1270. The molecule has 0 aromatic heterocycles. The van der Waals surface area contributed by atoms with Crippen molar-refractivity contribution in [2.75, 3.05) is 10.2 Å². The average molecular weight is 543 g/mol. The summed E-state index contributed by atoms with van der Waals surface area (Å²) in [7, 11) is 0. The van der Waals surface area contributed by atoms with Crippen LogP contribution in [0.5, 0.6) is 5.75 Å². The lowest BCUT2D eigenvalue weighted by Crippen LogP contribution is -2.72. The van der Waals surface area contributed by atoms with Crippen molar-refractivity contribution < 1.29 is 9.53 Å². The molecule has 5 rings (SSSR count). The third-order valence-electron chi connectivity index (χ3n) is 6.11. The van der Waals surface area contributed by atoms with Crippen molar-refractivity contribution in [3.8, 4) is 5.75 Å². The summed E-state index contributed by atoms with van der Waals surface area (Å²) in [6.07, 6.45) is 0. The topological polar surface area (TPSA) is 53.6 Å². The number of carbonyl (C=O) groups excluding carboxylic acids is 1. The smallest absolute Gasteiger partial charge is 0.236 e. The van der Waals surface area contributed by atoms with Gasteiger partial charge in [0.05, 0.1) is 6.04 Å². The summed E-state index contributed by atoms with van der Waals surface area (Å²) in [5.41, 5.74) is 2.43. The minimum absolute atomic E-state index is 0.178. The van der Waals surface area contributed by atoms with Gasteiger partial charge in [-0.3, -0.25) is 9.69 Å². The van der Waals surface area contributed by atoms with Gasteiger partial charge in [-0.05, 0) is 86.2 Å². The zero-order chi connectivity index (χ0) is 23.3. The lowest BCUT2D eigenvalue weighted by Gasteiger charge is -2.56. The largest absolute Gasteiger partial charge is 0.467 e. The molecule has 0 saturated carbocycles. The minimum Gasteiger partial charge on any atom is -0.467 e. The zero-order valence-electron chi connectivity index (χ0n) is 17.9. The Labute approximate surface area is 211 Å². The van der Waals surface area contributed by atoms with Crippen LogP contribution in [0.2, 0.25) is 5.02 Å². The maximum atomic E-state index is 13.8. The van der Waals surface area contributed by atoms with E-state index < -0.39 is 11.6 Å². The van der Waals surface area contributed by atoms with Crippen LogP contribution in [0.3, 0.4) is 0 Å². The van der Waals surface area contributed by atoms with E-state index in [1.807, 2.05) is 61.2 Å². The molecule has 1 fully saturated rings. The van der Waals surface area contributed by atoms with Gasteiger partial charge in [-0.2, -0.15) is 0 Å². The Hall–Kier alpha value is -2.61. The van der Waals surface area contributed by atoms with Gasteiger partial charge < -0.3 is 15.4 Å². The highest BCUT2D eigenvalue weighted by Gasteiger charge is 2.59. The Morgan fingerprint density at radius 1 is 1.18 bits per heavy atom. The summed E-state index contributed by atoms with van der Waals surface area (Å²) < 4.78 is 7.51. The Kier molecular flexibility index (Phi) is 5.59. The van der Waals surface area contributed by atoms with Crippen LogP contribution in [-0.2, 0) is 4.79 Å². The average Bonchev–Trinajstić information content (AvgIpc) is 2.75. The molecule has 3 aromatic carbocycles. The monoisotopic (exact) mass is 541 g/mol. The molecule has 0 spiro atoms. The number of ether oxygens (including phenoxy) is 1. The van der Waals surface area contributed by atoms with Gasteiger partial charge in [0.1, 0.15) is 11.7 Å². The molecule has 168 valence electrons. The van der Waals surface area contributed by atoms with Gasteiger partial charge in [0.15, 0.2) is 10.8 Å². The molecule has 1 amide bonds. The first-order chi connectivity index (χ1) is 15.8. The van der Waals surface area contributed by atoms with Crippen molar-refractivity contribution in [1.82, 2.24) is 5.32 Å². The van der Waals surface area contributed by atoms with Crippen molar-refractivity contribution in [2.24, 2.45) is 5.92 Å². The number of thiocarbonyl (C=S) groups is 1. The van der Waals surface area contributed by atoms with Crippen molar-refractivity contribution >= 4 is 62.1 Å². The third-order valence-corrected chi connectivity index (χ3v) is 7.16. The normalized spacial score (nSPS) is 23.3. The van der Waals surface area contributed by atoms with E-state index in [0.29, 0.717) is 21.6 Å². The van der Waals surface area contributed by atoms with Gasteiger partial charge in [-0.25, -0.2) is 0 Å². The maximum absolute atomic E-state index is 13.8. The molecular formula is C25H21BrClN3O2S. The summed E-state index contributed by atoms with van der Waals surface area (Å²) in [5.74, 6) is -0.0702. The Morgan fingerprint density at radius 2 is 1.94 bits per heavy atom. The number of nitrogens with zero attached hydrogens (tertiary/aromatic N) is 1. The van der Waals surface area contributed by atoms with E-state index in [2.05, 4.69) is 26.6 Å². The molecule has 0 aliphatic carbocycles. The molecule has 33 heavy (non-hydrogen) atoms. The van der Waals surface area contributed by atoms with Crippen molar-refractivity contribution in [1.29, 1.82) is 0 Å². The van der Waals surface area contributed by atoms with E-state index >= 15 is 0 Å². The fourth-order valence-corrected chi connectivity index (χ4v) is 5.58. The maximum Gasteiger partial charge on any atom is 0.236 e. The number of hydrogen-bond donors (Lipinski definition) is 2. The third kappa shape index (κ3) is 3.88. The number of fused-ring (bicyclic) bond motifs is 4. The van der Waals surface area contributed by atoms with E-state index in [0.717, 1.165) is 21.3 Å². The molecule has 2 bridgehead atoms. The fourth-order valence-electron chi connectivity index (χ4n) is 4.66. The number of rotatable bonds is 3. The molecule has 2 heterocycles. The molecule has 2 aliphatic heterocycles. The number of carbonyl (C=O) groups is 1. The van der Waals surface area contributed by atoms with Crippen LogP contribution in [0.4, 0.5) is 11.4 Å². The van der Waals surface area contributed by atoms with Crippen molar-refractivity contribution in [2.45, 2.75) is 25.6 Å². The molecule has 8 heteroatoms. The van der Waals surface area contributed by atoms with Gasteiger partial charge in [0, 0.05) is 26.4 Å². The first-order valence-corrected chi connectivity index (χ1v) is 12.1. The van der Waals surface area contributed by atoms with Crippen molar-refractivity contribution in [3.63, 3.8) is 0 Å². The second-order valence-corrected chi connectivity index (χ2v) is 10.2. The van der Waals surface area contributed by atoms with E-state index in [9.17, 15) is 4.79 Å².